The van der Waals surface area contributed by atoms with Crippen LogP contribution in [0.3, 0.4) is 0 Å². The summed E-state index contributed by atoms with van der Waals surface area (Å²) in [5.41, 5.74) is 3.17. The average molecular weight is 405 g/mol. The van der Waals surface area contributed by atoms with Gasteiger partial charge < -0.3 is 19.4 Å². The minimum absolute atomic E-state index is 0.0231. The number of amides is 1. The highest BCUT2D eigenvalue weighted by Crippen LogP contribution is 2.30. The zero-order valence-electron chi connectivity index (χ0n) is 17.6. The molecule has 1 aromatic heterocycles. The third-order valence-corrected chi connectivity index (χ3v) is 5.11. The first-order valence-electron chi connectivity index (χ1n) is 10.4. The van der Waals surface area contributed by atoms with Gasteiger partial charge >= 0.3 is 0 Å². The number of aryl methyl sites for hydroxylation is 2. The summed E-state index contributed by atoms with van der Waals surface area (Å²) < 4.78 is 13.3. The molecule has 0 saturated heterocycles. The van der Waals surface area contributed by atoms with Crippen molar-refractivity contribution in [3.05, 3.63) is 60.0 Å². The maximum atomic E-state index is 12.8. The van der Waals surface area contributed by atoms with E-state index in [1.165, 1.54) is 12.8 Å². The van der Waals surface area contributed by atoms with E-state index in [4.69, 9.17) is 14.5 Å². The number of carbonyl (C=O) groups is 1. The molecule has 0 aliphatic carbocycles. The molecule has 6 heteroatoms. The molecule has 30 heavy (non-hydrogen) atoms. The Hall–Kier alpha value is -3.28. The fourth-order valence-electron chi connectivity index (χ4n) is 3.67. The number of ether oxygens (including phenoxy) is 2. The van der Waals surface area contributed by atoms with Gasteiger partial charge in [-0.15, -0.1) is 0 Å². The highest BCUT2D eigenvalue weighted by Gasteiger charge is 2.15. The summed E-state index contributed by atoms with van der Waals surface area (Å²) in [6, 6.07) is 13.0. The van der Waals surface area contributed by atoms with Gasteiger partial charge in [0.05, 0.1) is 18.9 Å². The smallest absolute Gasteiger partial charge is 0.255 e. The molecule has 0 bridgehead atoms. The molecule has 156 valence electrons. The van der Waals surface area contributed by atoms with Crippen LogP contribution in [-0.4, -0.2) is 28.7 Å². The summed E-state index contributed by atoms with van der Waals surface area (Å²) in [6.45, 7) is 4.92. The number of nitrogens with zero attached hydrogens (tertiary/aromatic N) is 2. The molecule has 2 heterocycles. The molecule has 3 aromatic rings. The monoisotopic (exact) mass is 405 g/mol. The third kappa shape index (κ3) is 4.32. The number of hydrogen-bond acceptors (Lipinski definition) is 4. The fourth-order valence-corrected chi connectivity index (χ4v) is 3.67. The topological polar surface area (TPSA) is 65.4 Å². The summed E-state index contributed by atoms with van der Waals surface area (Å²) >= 11 is 0. The molecule has 6 nitrogen and oxygen atoms in total. The minimum atomic E-state index is -0.203. The van der Waals surface area contributed by atoms with E-state index < -0.39 is 0 Å². The van der Waals surface area contributed by atoms with Gasteiger partial charge in [0.15, 0.2) is 11.5 Å². The van der Waals surface area contributed by atoms with Crippen LogP contribution in [0.25, 0.3) is 11.3 Å². The molecule has 4 rings (SSSR count). The molecule has 0 unspecified atom stereocenters. The highest BCUT2D eigenvalue weighted by atomic mass is 16.5. The second kappa shape index (κ2) is 8.61. The van der Waals surface area contributed by atoms with Crippen LogP contribution < -0.4 is 14.8 Å². The van der Waals surface area contributed by atoms with E-state index in [-0.39, 0.29) is 12.0 Å². The van der Waals surface area contributed by atoms with Crippen LogP contribution >= 0.6 is 0 Å². The van der Waals surface area contributed by atoms with Gasteiger partial charge in [-0.25, -0.2) is 4.98 Å². The predicted molar refractivity (Wildman–Crippen MR) is 117 cm³/mol. The van der Waals surface area contributed by atoms with E-state index >= 15 is 0 Å². The quantitative estimate of drug-likeness (QED) is 0.631. The van der Waals surface area contributed by atoms with Crippen molar-refractivity contribution in [1.82, 2.24) is 9.55 Å². The summed E-state index contributed by atoms with van der Waals surface area (Å²) in [5, 5.41) is 2.97. The molecular weight excluding hydrogens is 378 g/mol. The van der Waals surface area contributed by atoms with Crippen molar-refractivity contribution in [1.29, 1.82) is 0 Å². The minimum Gasteiger partial charge on any atom is -0.493 e. The zero-order chi connectivity index (χ0) is 21.1. The first kappa shape index (κ1) is 20.0. The van der Waals surface area contributed by atoms with Crippen LogP contribution in [0.2, 0.25) is 0 Å². The van der Waals surface area contributed by atoms with E-state index in [0.29, 0.717) is 17.1 Å². The number of methoxy groups -OCH3 is 1. The van der Waals surface area contributed by atoms with Gasteiger partial charge in [0.2, 0.25) is 0 Å². The molecule has 1 aliphatic rings. The lowest BCUT2D eigenvalue weighted by molar-refractivity contribution is 0.102. The summed E-state index contributed by atoms with van der Waals surface area (Å²) in [6.07, 6.45) is 5.54. The third-order valence-electron chi connectivity index (χ3n) is 5.11. The fraction of sp³-hybridized carbons (Fsp3) is 0.333. The van der Waals surface area contributed by atoms with Gasteiger partial charge in [-0.3, -0.25) is 4.79 Å². The van der Waals surface area contributed by atoms with Crippen LogP contribution in [0.1, 0.15) is 42.9 Å². The van der Waals surface area contributed by atoms with Gasteiger partial charge in [0, 0.05) is 36.0 Å². The van der Waals surface area contributed by atoms with E-state index in [0.717, 1.165) is 35.7 Å². The van der Waals surface area contributed by atoms with Gasteiger partial charge in [0.25, 0.3) is 5.91 Å². The number of benzene rings is 2. The molecule has 0 spiro atoms. The lowest BCUT2D eigenvalue weighted by Crippen LogP contribution is -2.13. The number of hydrogen-bond donors (Lipinski definition) is 1. The van der Waals surface area contributed by atoms with Crippen LogP contribution in [0.15, 0.2) is 48.7 Å². The number of nitrogens with one attached hydrogen (secondary N) is 1. The van der Waals surface area contributed by atoms with Crippen LogP contribution in [0.5, 0.6) is 11.5 Å². The van der Waals surface area contributed by atoms with Crippen LogP contribution in [0.4, 0.5) is 5.69 Å². The van der Waals surface area contributed by atoms with Gasteiger partial charge in [-0.2, -0.15) is 0 Å². The lowest BCUT2D eigenvalue weighted by Gasteiger charge is -2.14. The van der Waals surface area contributed by atoms with Crippen LogP contribution in [0, 0.1) is 0 Å². The summed E-state index contributed by atoms with van der Waals surface area (Å²) in [4.78, 5) is 17.6. The molecule has 2 aromatic carbocycles. The molecule has 0 fully saturated rings. The Kier molecular flexibility index (Phi) is 5.74. The average Bonchev–Trinajstić information content (AvgIpc) is 3.18. The predicted octanol–water partition coefficient (Wildman–Crippen LogP) is 4.93. The molecule has 0 radical (unpaired) electrons. The Bertz CT molecular complexity index is 1030. The number of imidazole rings is 1. The normalized spacial score (nSPS) is 13.1. The van der Waals surface area contributed by atoms with Gasteiger partial charge in [0.1, 0.15) is 5.82 Å². The number of rotatable bonds is 6. The second-order valence-corrected chi connectivity index (χ2v) is 7.76. The Balaban J connectivity index is 1.52. The Labute approximate surface area is 176 Å². The van der Waals surface area contributed by atoms with Crippen molar-refractivity contribution in [2.75, 3.05) is 12.4 Å². The number of carbonyl (C=O) groups excluding carboxylic acids is 1. The van der Waals surface area contributed by atoms with Crippen molar-refractivity contribution in [2.24, 2.45) is 0 Å². The number of anilines is 1. The molecular formula is C24H27N3O3. The molecule has 0 saturated carbocycles. The maximum Gasteiger partial charge on any atom is 0.255 e. The first-order chi connectivity index (χ1) is 14.5. The zero-order valence-corrected chi connectivity index (χ0v) is 17.6. The van der Waals surface area contributed by atoms with Crippen molar-refractivity contribution >= 4 is 11.6 Å². The standard InChI is InChI=1S/C24H27N3O3/c1-16(2)30-21-11-10-18(14-22(21)29-3)24(28)25-19-8-6-7-17(13-19)20-15-27-12-5-4-9-23(27)26-20/h6-8,10-11,13-16H,4-5,9,12H2,1-3H3,(H,25,28). The Morgan fingerprint density at radius 2 is 2.00 bits per heavy atom. The van der Waals surface area contributed by atoms with Crippen molar-refractivity contribution in [3.63, 3.8) is 0 Å². The molecule has 1 amide bonds. The summed E-state index contributed by atoms with van der Waals surface area (Å²) in [5.74, 6) is 2.09. The van der Waals surface area contributed by atoms with E-state index in [1.807, 2.05) is 38.1 Å². The summed E-state index contributed by atoms with van der Waals surface area (Å²) in [7, 11) is 1.57. The van der Waals surface area contributed by atoms with Crippen molar-refractivity contribution in [2.45, 2.75) is 45.8 Å². The molecule has 1 aliphatic heterocycles. The van der Waals surface area contributed by atoms with E-state index in [1.54, 1.807) is 25.3 Å². The Morgan fingerprint density at radius 3 is 2.77 bits per heavy atom. The van der Waals surface area contributed by atoms with E-state index in [2.05, 4.69) is 16.1 Å². The Morgan fingerprint density at radius 1 is 1.13 bits per heavy atom. The lowest BCUT2D eigenvalue weighted by atomic mass is 10.1. The van der Waals surface area contributed by atoms with Crippen molar-refractivity contribution in [3.8, 4) is 22.8 Å². The molecule has 1 N–H and O–H groups in total. The molecule has 0 atom stereocenters. The largest absolute Gasteiger partial charge is 0.493 e. The van der Waals surface area contributed by atoms with Gasteiger partial charge in [-0.1, -0.05) is 12.1 Å². The SMILES string of the molecule is COc1cc(C(=O)Nc2cccc(-c3cn4c(n3)CCCC4)c2)ccc1OC(C)C. The van der Waals surface area contributed by atoms with Crippen LogP contribution in [-0.2, 0) is 13.0 Å². The first-order valence-corrected chi connectivity index (χ1v) is 10.4. The van der Waals surface area contributed by atoms with Gasteiger partial charge in [-0.05, 0) is 57.0 Å². The van der Waals surface area contributed by atoms with E-state index in [9.17, 15) is 4.79 Å². The van der Waals surface area contributed by atoms with Crippen molar-refractivity contribution < 1.29 is 14.3 Å². The second-order valence-electron chi connectivity index (χ2n) is 7.76. The maximum absolute atomic E-state index is 12.8. The number of aromatic nitrogens is 2. The highest BCUT2D eigenvalue weighted by molar-refractivity contribution is 6.04. The number of fused-ring (bicyclic) bond motifs is 1.